The van der Waals surface area contributed by atoms with Crippen LogP contribution in [0.3, 0.4) is 0 Å². The number of ether oxygens (including phenoxy) is 1. The van der Waals surface area contributed by atoms with E-state index in [1.54, 1.807) is 0 Å². The minimum Gasteiger partial charge on any atom is -0.475 e. The van der Waals surface area contributed by atoms with Crippen LogP contribution in [0.4, 0.5) is 0 Å². The fourth-order valence-electron chi connectivity index (χ4n) is 2.84. The van der Waals surface area contributed by atoms with Crippen LogP contribution in [-0.4, -0.2) is 31.0 Å². The average Bonchev–Trinajstić information content (AvgIpc) is 2.25. The molecule has 0 amide bonds. The van der Waals surface area contributed by atoms with Crippen molar-refractivity contribution in [3.63, 3.8) is 0 Å². The third-order valence-electron chi connectivity index (χ3n) is 3.86. The van der Waals surface area contributed by atoms with Crippen LogP contribution in [0.15, 0.2) is 23.0 Å². The van der Waals surface area contributed by atoms with Gasteiger partial charge in [0.1, 0.15) is 5.76 Å². The summed E-state index contributed by atoms with van der Waals surface area (Å²) in [4.78, 5) is 14.4. The van der Waals surface area contributed by atoms with E-state index in [0.717, 1.165) is 17.8 Å². The second-order valence-electron chi connectivity index (χ2n) is 7.01. The van der Waals surface area contributed by atoms with Gasteiger partial charge in [-0.2, -0.15) is 0 Å². The summed E-state index contributed by atoms with van der Waals surface area (Å²) < 4.78 is 6.15. The van der Waals surface area contributed by atoms with Crippen molar-refractivity contribution in [2.24, 2.45) is 11.3 Å². The molecule has 1 heterocycles. The van der Waals surface area contributed by atoms with Gasteiger partial charge in [-0.1, -0.05) is 27.7 Å². The third kappa shape index (κ3) is 2.76. The highest BCUT2D eigenvalue weighted by molar-refractivity contribution is 6.00. The van der Waals surface area contributed by atoms with E-state index in [1.807, 2.05) is 14.1 Å². The number of rotatable bonds is 2. The Bertz CT molecular complexity index is 455. The summed E-state index contributed by atoms with van der Waals surface area (Å²) >= 11 is 0. The monoisotopic (exact) mass is 263 g/mol. The summed E-state index contributed by atoms with van der Waals surface area (Å²) in [5.74, 6) is 1.48. The lowest BCUT2D eigenvalue weighted by atomic mass is 9.75. The van der Waals surface area contributed by atoms with Crippen molar-refractivity contribution in [2.75, 3.05) is 14.1 Å². The topological polar surface area (TPSA) is 29.5 Å². The second-order valence-corrected chi connectivity index (χ2v) is 7.01. The highest BCUT2D eigenvalue weighted by Gasteiger charge is 2.38. The zero-order chi connectivity index (χ0) is 14.4. The molecule has 0 saturated heterocycles. The highest BCUT2D eigenvalue weighted by atomic mass is 16.5. The molecule has 2 rings (SSSR count). The molecule has 3 heteroatoms. The summed E-state index contributed by atoms with van der Waals surface area (Å²) in [6.45, 7) is 8.55. The lowest BCUT2D eigenvalue weighted by Crippen LogP contribution is -2.39. The molecule has 0 radical (unpaired) electrons. The molecule has 2 aliphatic rings. The highest BCUT2D eigenvalue weighted by Crippen LogP contribution is 2.42. The van der Waals surface area contributed by atoms with Crippen LogP contribution >= 0.6 is 0 Å². The zero-order valence-electron chi connectivity index (χ0n) is 12.9. The first-order chi connectivity index (χ1) is 8.71. The SMILES string of the molecule is CC(C)C1=CC2=C(CC(C)(C)CC2=O)O[C@@H]1N(C)C. The largest absolute Gasteiger partial charge is 0.475 e. The molecule has 0 N–H and O–H groups in total. The molecular weight excluding hydrogens is 238 g/mol. The molecule has 0 saturated carbocycles. The van der Waals surface area contributed by atoms with Gasteiger partial charge >= 0.3 is 0 Å². The lowest BCUT2D eigenvalue weighted by molar-refractivity contribution is -0.119. The van der Waals surface area contributed by atoms with E-state index in [9.17, 15) is 4.79 Å². The molecule has 0 fully saturated rings. The minimum absolute atomic E-state index is 0.00987. The number of carbonyl (C=O) groups excluding carboxylic acids is 1. The third-order valence-corrected chi connectivity index (χ3v) is 3.86. The Balaban J connectivity index is 2.42. The van der Waals surface area contributed by atoms with E-state index in [4.69, 9.17) is 4.74 Å². The Hall–Kier alpha value is -1.09. The van der Waals surface area contributed by atoms with Crippen LogP contribution in [0.1, 0.15) is 40.5 Å². The second kappa shape index (κ2) is 4.78. The Morgan fingerprint density at radius 3 is 2.47 bits per heavy atom. The first kappa shape index (κ1) is 14.3. The summed E-state index contributed by atoms with van der Waals surface area (Å²) in [5.41, 5.74) is 2.01. The molecule has 1 aliphatic carbocycles. The molecule has 106 valence electrons. The van der Waals surface area contributed by atoms with Gasteiger partial charge in [0, 0.05) is 12.8 Å². The average molecular weight is 263 g/mol. The number of hydrogen-bond donors (Lipinski definition) is 0. The van der Waals surface area contributed by atoms with Gasteiger partial charge in [-0.25, -0.2) is 0 Å². The number of carbonyl (C=O) groups is 1. The molecule has 0 aromatic carbocycles. The van der Waals surface area contributed by atoms with Crippen molar-refractivity contribution < 1.29 is 9.53 Å². The fourth-order valence-corrected chi connectivity index (χ4v) is 2.84. The molecule has 19 heavy (non-hydrogen) atoms. The molecule has 0 unspecified atom stereocenters. The maximum Gasteiger partial charge on any atom is 0.174 e. The fraction of sp³-hybridized carbons (Fsp3) is 0.688. The van der Waals surface area contributed by atoms with E-state index in [-0.39, 0.29) is 17.4 Å². The normalized spacial score (nSPS) is 26.4. The van der Waals surface area contributed by atoms with E-state index in [2.05, 4.69) is 38.7 Å². The van der Waals surface area contributed by atoms with Crippen LogP contribution in [0.5, 0.6) is 0 Å². The van der Waals surface area contributed by atoms with E-state index < -0.39 is 0 Å². The van der Waals surface area contributed by atoms with E-state index in [0.29, 0.717) is 12.3 Å². The van der Waals surface area contributed by atoms with Crippen molar-refractivity contribution in [1.29, 1.82) is 0 Å². The van der Waals surface area contributed by atoms with Gasteiger partial charge < -0.3 is 4.74 Å². The Labute approximate surface area is 116 Å². The minimum atomic E-state index is -0.0413. The van der Waals surface area contributed by atoms with Crippen LogP contribution < -0.4 is 0 Å². The van der Waals surface area contributed by atoms with Crippen molar-refractivity contribution in [3.8, 4) is 0 Å². The summed E-state index contributed by atoms with van der Waals surface area (Å²) in [5, 5.41) is 0. The Morgan fingerprint density at radius 1 is 1.32 bits per heavy atom. The number of Topliss-reactive ketones (excluding diaryl/α,β-unsaturated/α-hetero) is 1. The van der Waals surface area contributed by atoms with Gasteiger partial charge in [0.2, 0.25) is 0 Å². The molecule has 0 aromatic rings. The van der Waals surface area contributed by atoms with Crippen molar-refractivity contribution in [3.05, 3.63) is 23.0 Å². The standard InChI is InChI=1S/C16H25NO2/c1-10(2)11-7-12-13(18)8-16(3,4)9-14(12)19-15(11)17(5)6/h7,10,15H,8-9H2,1-6H3/t15-/m0/s1. The van der Waals surface area contributed by atoms with Gasteiger partial charge in [-0.3, -0.25) is 9.69 Å². The Kier molecular flexibility index (Phi) is 3.61. The van der Waals surface area contributed by atoms with Crippen LogP contribution in [0.2, 0.25) is 0 Å². The van der Waals surface area contributed by atoms with E-state index >= 15 is 0 Å². The lowest BCUT2D eigenvalue weighted by Gasteiger charge is -2.39. The van der Waals surface area contributed by atoms with Gasteiger partial charge in [-0.05, 0) is 37.1 Å². The van der Waals surface area contributed by atoms with Gasteiger partial charge in [0.25, 0.3) is 0 Å². The molecular formula is C16H25NO2. The summed E-state index contributed by atoms with van der Waals surface area (Å²) in [7, 11) is 4.03. The maximum atomic E-state index is 12.3. The summed E-state index contributed by atoms with van der Waals surface area (Å²) in [6.07, 6.45) is 3.50. The van der Waals surface area contributed by atoms with Crippen molar-refractivity contribution in [2.45, 2.75) is 46.8 Å². The van der Waals surface area contributed by atoms with Crippen molar-refractivity contribution in [1.82, 2.24) is 4.90 Å². The maximum absolute atomic E-state index is 12.3. The smallest absolute Gasteiger partial charge is 0.174 e. The Morgan fingerprint density at radius 2 is 1.95 bits per heavy atom. The number of hydrogen-bond acceptors (Lipinski definition) is 3. The van der Waals surface area contributed by atoms with Crippen LogP contribution in [0.25, 0.3) is 0 Å². The molecule has 0 aromatic heterocycles. The molecule has 0 spiro atoms. The molecule has 0 bridgehead atoms. The predicted molar refractivity (Wildman–Crippen MR) is 76.5 cm³/mol. The van der Waals surface area contributed by atoms with Gasteiger partial charge in [-0.15, -0.1) is 0 Å². The van der Waals surface area contributed by atoms with Gasteiger partial charge in [0.15, 0.2) is 12.0 Å². The number of nitrogens with zero attached hydrogens (tertiary/aromatic N) is 1. The number of ketones is 1. The first-order valence-electron chi connectivity index (χ1n) is 7.02. The predicted octanol–water partition coefficient (Wildman–Crippen LogP) is 3.13. The van der Waals surface area contributed by atoms with Gasteiger partial charge in [0.05, 0.1) is 5.57 Å². The van der Waals surface area contributed by atoms with Crippen LogP contribution in [0, 0.1) is 11.3 Å². The van der Waals surface area contributed by atoms with E-state index in [1.165, 1.54) is 5.57 Å². The molecule has 3 nitrogen and oxygen atoms in total. The number of allylic oxidation sites excluding steroid dienone is 3. The summed E-state index contributed by atoms with van der Waals surface area (Å²) in [6, 6.07) is 0. The molecule has 1 atom stereocenters. The van der Waals surface area contributed by atoms with Crippen molar-refractivity contribution >= 4 is 5.78 Å². The number of likely N-dealkylation sites (N-methyl/N-ethyl adjacent to an activating group) is 1. The molecule has 1 aliphatic heterocycles. The zero-order valence-corrected chi connectivity index (χ0v) is 12.9. The first-order valence-corrected chi connectivity index (χ1v) is 7.02. The quantitative estimate of drug-likeness (QED) is 0.766. The van der Waals surface area contributed by atoms with Crippen LogP contribution in [-0.2, 0) is 9.53 Å².